The van der Waals surface area contributed by atoms with Crippen LogP contribution in [0.25, 0.3) is 10.9 Å². The van der Waals surface area contributed by atoms with Crippen molar-refractivity contribution in [2.75, 3.05) is 11.9 Å². The Balaban J connectivity index is 1.49. The van der Waals surface area contributed by atoms with E-state index in [1.165, 1.54) is 0 Å². The Labute approximate surface area is 169 Å². The van der Waals surface area contributed by atoms with Crippen LogP contribution in [0.1, 0.15) is 47.9 Å². The number of aliphatic hydroxyl groups is 1. The highest BCUT2D eigenvalue weighted by Crippen LogP contribution is 2.33. The van der Waals surface area contributed by atoms with E-state index in [-0.39, 0.29) is 12.6 Å². The number of carbonyl (C=O) groups is 1. The van der Waals surface area contributed by atoms with E-state index in [1.54, 1.807) is 18.2 Å². The monoisotopic (exact) mass is 419 g/mol. The second-order valence-corrected chi connectivity index (χ2v) is 7.48. The number of benzene rings is 1. The first-order chi connectivity index (χ1) is 14.3. The van der Waals surface area contributed by atoms with Crippen molar-refractivity contribution < 1.29 is 23.1 Å². The van der Waals surface area contributed by atoms with E-state index in [9.17, 15) is 23.1 Å². The summed E-state index contributed by atoms with van der Waals surface area (Å²) in [6.07, 6.45) is 2.59. The van der Waals surface area contributed by atoms with Gasteiger partial charge in [-0.1, -0.05) is 0 Å². The predicted octanol–water partition coefficient (Wildman–Crippen LogP) is 3.82. The van der Waals surface area contributed by atoms with Crippen molar-refractivity contribution in [2.45, 2.75) is 37.9 Å². The van der Waals surface area contributed by atoms with Gasteiger partial charge >= 0.3 is 6.18 Å². The summed E-state index contributed by atoms with van der Waals surface area (Å²) >= 11 is 0. The van der Waals surface area contributed by atoms with Gasteiger partial charge in [0.05, 0.1) is 24.0 Å². The molecular weight excluding hydrogens is 399 g/mol. The van der Waals surface area contributed by atoms with Gasteiger partial charge < -0.3 is 10.4 Å². The molecule has 3 aromatic rings. The van der Waals surface area contributed by atoms with Crippen molar-refractivity contribution in [3.05, 3.63) is 48.2 Å². The number of rotatable bonds is 4. The second kappa shape index (κ2) is 8.02. The Hall–Kier alpha value is -3.01. The van der Waals surface area contributed by atoms with Crippen molar-refractivity contribution in [3.63, 3.8) is 0 Å². The molecule has 2 heterocycles. The summed E-state index contributed by atoms with van der Waals surface area (Å²) in [6, 6.07) is 5.37. The number of nitrogens with one attached hydrogen (secondary N) is 1. The van der Waals surface area contributed by atoms with Gasteiger partial charge in [-0.25, -0.2) is 4.98 Å². The Kier molecular flexibility index (Phi) is 5.42. The minimum atomic E-state index is -4.67. The predicted molar refractivity (Wildman–Crippen MR) is 103 cm³/mol. The fourth-order valence-corrected chi connectivity index (χ4v) is 3.71. The molecule has 1 aliphatic rings. The minimum absolute atomic E-state index is 0.215. The third-order valence-corrected chi connectivity index (χ3v) is 5.39. The summed E-state index contributed by atoms with van der Waals surface area (Å²) in [5, 5.41) is 17.2. The van der Waals surface area contributed by atoms with Gasteiger partial charge in [-0.2, -0.15) is 18.3 Å². The van der Waals surface area contributed by atoms with Gasteiger partial charge in [0.25, 0.3) is 5.91 Å². The molecule has 1 aromatic carbocycles. The van der Waals surface area contributed by atoms with E-state index >= 15 is 0 Å². The molecule has 30 heavy (non-hydrogen) atoms. The zero-order valence-corrected chi connectivity index (χ0v) is 15.9. The Bertz CT molecular complexity index is 1060. The van der Waals surface area contributed by atoms with Crippen LogP contribution in [0.2, 0.25) is 0 Å². The van der Waals surface area contributed by atoms with Crippen molar-refractivity contribution in [1.29, 1.82) is 0 Å². The highest BCUT2D eigenvalue weighted by molar-refractivity contribution is 6.03. The molecular formula is C20H20F3N5O2. The molecule has 1 saturated carbocycles. The van der Waals surface area contributed by atoms with Crippen molar-refractivity contribution in [1.82, 2.24) is 19.7 Å². The molecule has 0 atom stereocenters. The highest BCUT2D eigenvalue weighted by Gasteiger charge is 2.33. The zero-order valence-electron chi connectivity index (χ0n) is 15.9. The second-order valence-electron chi connectivity index (χ2n) is 7.48. The fourth-order valence-electron chi connectivity index (χ4n) is 3.71. The van der Waals surface area contributed by atoms with Crippen LogP contribution in [0.15, 0.2) is 36.8 Å². The lowest BCUT2D eigenvalue weighted by Gasteiger charge is -2.27. The van der Waals surface area contributed by atoms with Gasteiger partial charge in [0.1, 0.15) is 5.69 Å². The summed E-state index contributed by atoms with van der Waals surface area (Å²) in [5.74, 6) is -0.422. The van der Waals surface area contributed by atoms with Crippen LogP contribution < -0.4 is 5.32 Å². The van der Waals surface area contributed by atoms with Crippen LogP contribution in [-0.4, -0.2) is 37.4 Å². The number of halogens is 3. The number of nitrogens with zero attached hydrogens (tertiary/aromatic N) is 4. The molecule has 1 amide bonds. The van der Waals surface area contributed by atoms with Crippen molar-refractivity contribution >= 4 is 22.5 Å². The Morgan fingerprint density at radius 1 is 1.20 bits per heavy atom. The Morgan fingerprint density at radius 2 is 1.97 bits per heavy atom. The summed E-state index contributed by atoms with van der Waals surface area (Å²) < 4.78 is 40.2. The van der Waals surface area contributed by atoms with Crippen LogP contribution >= 0.6 is 0 Å². The molecule has 1 fully saturated rings. The maximum Gasteiger partial charge on any atom is 0.434 e. The first-order valence-corrected chi connectivity index (χ1v) is 9.64. The van der Waals surface area contributed by atoms with E-state index in [2.05, 4.69) is 20.4 Å². The van der Waals surface area contributed by atoms with Gasteiger partial charge in [0.15, 0.2) is 5.69 Å². The first kappa shape index (κ1) is 20.3. The molecule has 4 rings (SSSR count). The maximum absolute atomic E-state index is 12.8. The van der Waals surface area contributed by atoms with E-state index in [1.807, 2.05) is 10.9 Å². The molecule has 0 radical (unpaired) electrons. The van der Waals surface area contributed by atoms with E-state index in [4.69, 9.17) is 0 Å². The van der Waals surface area contributed by atoms with Crippen molar-refractivity contribution in [2.24, 2.45) is 5.92 Å². The van der Waals surface area contributed by atoms with Crippen LogP contribution in [0.5, 0.6) is 0 Å². The molecule has 7 nitrogen and oxygen atoms in total. The first-order valence-electron chi connectivity index (χ1n) is 9.64. The number of fused-ring (bicyclic) bond motifs is 1. The third kappa shape index (κ3) is 4.28. The largest absolute Gasteiger partial charge is 0.434 e. The molecule has 0 spiro atoms. The third-order valence-electron chi connectivity index (χ3n) is 5.39. The number of aliphatic hydroxyl groups excluding tert-OH is 1. The van der Waals surface area contributed by atoms with E-state index in [0.29, 0.717) is 17.8 Å². The number of hydrogen-bond donors (Lipinski definition) is 2. The summed E-state index contributed by atoms with van der Waals surface area (Å²) in [4.78, 5) is 19.1. The van der Waals surface area contributed by atoms with Gasteiger partial charge in [-0.15, -0.1) is 0 Å². The van der Waals surface area contributed by atoms with Crippen LogP contribution in [0.4, 0.5) is 18.9 Å². The summed E-state index contributed by atoms with van der Waals surface area (Å²) in [6.45, 7) is 0.215. The quantitative estimate of drug-likeness (QED) is 0.671. The van der Waals surface area contributed by atoms with Gasteiger partial charge in [-0.3, -0.25) is 14.5 Å². The minimum Gasteiger partial charge on any atom is -0.396 e. The number of amides is 1. The topological polar surface area (TPSA) is 92.9 Å². The van der Waals surface area contributed by atoms with E-state index in [0.717, 1.165) is 42.8 Å². The molecule has 10 heteroatoms. The molecule has 2 aromatic heterocycles. The number of hydrogen-bond acceptors (Lipinski definition) is 5. The molecule has 158 valence electrons. The summed E-state index contributed by atoms with van der Waals surface area (Å²) in [5.41, 5.74) is -0.449. The van der Waals surface area contributed by atoms with Crippen molar-refractivity contribution in [3.8, 4) is 0 Å². The van der Waals surface area contributed by atoms with Crippen LogP contribution in [0.3, 0.4) is 0 Å². The smallest absolute Gasteiger partial charge is 0.396 e. The SMILES string of the molecule is O=C(Nc1ccc2nn(C3CCC(CO)CC3)cc2c1)c1cncc(C(F)(F)F)n1. The maximum atomic E-state index is 12.8. The lowest BCUT2D eigenvalue weighted by Crippen LogP contribution is -2.20. The number of aromatic nitrogens is 4. The Morgan fingerprint density at radius 3 is 2.67 bits per heavy atom. The van der Waals surface area contributed by atoms with Crippen LogP contribution in [-0.2, 0) is 6.18 Å². The zero-order chi connectivity index (χ0) is 21.3. The lowest BCUT2D eigenvalue weighted by atomic mass is 9.87. The van der Waals surface area contributed by atoms with Gasteiger partial charge in [0, 0.05) is 23.9 Å². The normalized spacial score (nSPS) is 19.7. The fraction of sp³-hybridized carbons (Fsp3) is 0.400. The molecule has 1 aliphatic carbocycles. The van der Waals surface area contributed by atoms with E-state index < -0.39 is 23.5 Å². The number of anilines is 1. The molecule has 0 bridgehead atoms. The average molecular weight is 419 g/mol. The highest BCUT2D eigenvalue weighted by atomic mass is 19.4. The summed E-state index contributed by atoms with van der Waals surface area (Å²) in [7, 11) is 0. The van der Waals surface area contributed by atoms with Crippen LogP contribution in [0, 0.1) is 5.92 Å². The molecule has 0 unspecified atom stereocenters. The van der Waals surface area contributed by atoms with Gasteiger partial charge in [0.2, 0.25) is 0 Å². The molecule has 0 aliphatic heterocycles. The van der Waals surface area contributed by atoms with Gasteiger partial charge in [-0.05, 0) is 49.8 Å². The average Bonchev–Trinajstić information content (AvgIpc) is 3.16. The molecule has 2 N–H and O–H groups in total. The number of carbonyl (C=O) groups excluding carboxylic acids is 1. The number of alkyl halides is 3. The molecule has 0 saturated heterocycles. The lowest BCUT2D eigenvalue weighted by molar-refractivity contribution is -0.141. The standard InChI is InChI=1S/C20H20F3N5O2/c21-20(22,23)18-9-24-8-17(26-18)19(30)25-14-3-6-16-13(7-14)10-28(27-16)15-4-1-12(11-29)2-5-15/h3,6-10,12,15,29H,1-2,4-5,11H2,(H,25,30).